The number of nitrogen functional groups attached to an aromatic ring is 1. The lowest BCUT2D eigenvalue weighted by atomic mass is 10.3. The van der Waals surface area contributed by atoms with Crippen molar-refractivity contribution < 1.29 is 8.85 Å². The molecule has 0 radical (unpaired) electrons. The highest BCUT2D eigenvalue weighted by Gasteiger charge is 2.16. The van der Waals surface area contributed by atoms with E-state index in [-0.39, 0.29) is 0 Å². The molecule has 102 valence electrons. The highest BCUT2D eigenvalue weighted by molar-refractivity contribution is 6.61. The van der Waals surface area contributed by atoms with Gasteiger partial charge in [0.05, 0.1) is 0 Å². The van der Waals surface area contributed by atoms with Crippen molar-refractivity contribution in [3.63, 3.8) is 0 Å². The standard InChI is InChI=1S/C14H25NO2Si/c1-3-5-10-16-18(17-11-6-4-2)14-9-7-8-13(15)12-14/h7-9,12,18H,3-6,10-11,15H2,1-2H3. The molecule has 0 bridgehead atoms. The molecule has 1 rings (SSSR count). The van der Waals surface area contributed by atoms with Crippen LogP contribution in [-0.2, 0) is 8.85 Å². The summed E-state index contributed by atoms with van der Waals surface area (Å²) in [4.78, 5) is 0. The van der Waals surface area contributed by atoms with Crippen molar-refractivity contribution in [2.45, 2.75) is 39.5 Å². The first kappa shape index (κ1) is 15.2. The largest absolute Gasteiger partial charge is 0.399 e. The summed E-state index contributed by atoms with van der Waals surface area (Å²) in [6, 6.07) is 7.91. The highest BCUT2D eigenvalue weighted by Crippen LogP contribution is 2.02. The van der Waals surface area contributed by atoms with Gasteiger partial charge in [0.15, 0.2) is 0 Å². The van der Waals surface area contributed by atoms with Crippen molar-refractivity contribution in [1.82, 2.24) is 0 Å². The van der Waals surface area contributed by atoms with Gasteiger partial charge in [0.1, 0.15) is 0 Å². The Morgan fingerprint density at radius 1 is 1.06 bits per heavy atom. The molecule has 18 heavy (non-hydrogen) atoms. The van der Waals surface area contributed by atoms with Crippen LogP contribution in [0.4, 0.5) is 5.69 Å². The second kappa shape index (κ2) is 9.14. The molecule has 0 fully saturated rings. The summed E-state index contributed by atoms with van der Waals surface area (Å²) < 4.78 is 11.9. The fraction of sp³-hybridized carbons (Fsp3) is 0.571. The molecule has 0 unspecified atom stereocenters. The number of hydrogen-bond donors (Lipinski definition) is 1. The topological polar surface area (TPSA) is 44.5 Å². The molecule has 0 spiro atoms. The number of nitrogens with two attached hydrogens (primary N) is 1. The number of rotatable bonds is 9. The zero-order valence-electron chi connectivity index (χ0n) is 11.5. The van der Waals surface area contributed by atoms with E-state index >= 15 is 0 Å². The summed E-state index contributed by atoms with van der Waals surface area (Å²) in [5, 5.41) is 1.14. The van der Waals surface area contributed by atoms with E-state index in [1.165, 1.54) is 0 Å². The van der Waals surface area contributed by atoms with Gasteiger partial charge in [-0.25, -0.2) is 0 Å². The minimum absolute atomic E-state index is 0.781. The SMILES string of the molecule is CCCCO[SiH](OCCCC)c1cccc(N)c1. The molecule has 0 saturated heterocycles. The molecule has 0 aliphatic carbocycles. The summed E-state index contributed by atoms with van der Waals surface area (Å²) in [6.07, 6.45) is 4.46. The Kier molecular flexibility index (Phi) is 7.72. The Morgan fingerprint density at radius 2 is 1.67 bits per heavy atom. The van der Waals surface area contributed by atoms with Gasteiger partial charge in [-0.05, 0) is 30.2 Å². The predicted octanol–water partition coefficient (Wildman–Crippen LogP) is 2.33. The van der Waals surface area contributed by atoms with E-state index in [1.807, 2.05) is 18.2 Å². The van der Waals surface area contributed by atoms with Crippen molar-refractivity contribution in [1.29, 1.82) is 0 Å². The van der Waals surface area contributed by atoms with Gasteiger partial charge in [-0.1, -0.05) is 38.8 Å². The van der Waals surface area contributed by atoms with Crippen molar-refractivity contribution >= 4 is 20.2 Å². The van der Waals surface area contributed by atoms with Crippen molar-refractivity contribution in [3.05, 3.63) is 24.3 Å². The summed E-state index contributed by atoms with van der Waals surface area (Å²) in [7, 11) is -1.76. The fourth-order valence-electron chi connectivity index (χ4n) is 1.62. The molecule has 0 amide bonds. The Bertz CT molecular complexity index is 323. The lowest BCUT2D eigenvalue weighted by Gasteiger charge is -2.17. The van der Waals surface area contributed by atoms with Gasteiger partial charge in [0, 0.05) is 18.9 Å². The van der Waals surface area contributed by atoms with E-state index in [0.29, 0.717) is 0 Å². The van der Waals surface area contributed by atoms with Crippen LogP contribution < -0.4 is 10.9 Å². The Morgan fingerprint density at radius 3 is 2.17 bits per heavy atom. The average Bonchev–Trinajstić information content (AvgIpc) is 2.37. The van der Waals surface area contributed by atoms with Crippen molar-refractivity contribution in [2.24, 2.45) is 0 Å². The van der Waals surface area contributed by atoms with Gasteiger partial charge in [-0.2, -0.15) is 0 Å². The van der Waals surface area contributed by atoms with Crippen LogP contribution in [0.2, 0.25) is 0 Å². The van der Waals surface area contributed by atoms with Gasteiger partial charge < -0.3 is 14.6 Å². The maximum absolute atomic E-state index is 5.93. The van der Waals surface area contributed by atoms with E-state index in [4.69, 9.17) is 14.6 Å². The lowest BCUT2D eigenvalue weighted by Crippen LogP contribution is -2.37. The van der Waals surface area contributed by atoms with Crippen LogP contribution in [-0.4, -0.2) is 22.5 Å². The predicted molar refractivity (Wildman–Crippen MR) is 79.4 cm³/mol. The van der Waals surface area contributed by atoms with Crippen LogP contribution in [0.3, 0.4) is 0 Å². The van der Waals surface area contributed by atoms with Gasteiger partial charge in [-0.15, -0.1) is 0 Å². The van der Waals surface area contributed by atoms with Crippen molar-refractivity contribution in [2.75, 3.05) is 18.9 Å². The normalized spacial score (nSPS) is 11.1. The first-order chi connectivity index (χ1) is 8.77. The third-order valence-corrected chi connectivity index (χ3v) is 4.70. The molecule has 3 nitrogen and oxygen atoms in total. The Balaban J connectivity index is 2.57. The van der Waals surface area contributed by atoms with Crippen LogP contribution in [0.25, 0.3) is 0 Å². The second-order valence-electron chi connectivity index (χ2n) is 4.45. The van der Waals surface area contributed by atoms with Gasteiger partial charge >= 0.3 is 9.28 Å². The highest BCUT2D eigenvalue weighted by atomic mass is 28.3. The quantitative estimate of drug-likeness (QED) is 0.424. The lowest BCUT2D eigenvalue weighted by molar-refractivity contribution is 0.202. The number of benzene rings is 1. The molecular formula is C14H25NO2Si. The van der Waals surface area contributed by atoms with Gasteiger partial charge in [-0.3, -0.25) is 0 Å². The van der Waals surface area contributed by atoms with E-state index in [1.54, 1.807) is 0 Å². The van der Waals surface area contributed by atoms with Crippen LogP contribution in [0.5, 0.6) is 0 Å². The number of anilines is 1. The van der Waals surface area contributed by atoms with E-state index in [0.717, 1.165) is 49.8 Å². The second-order valence-corrected chi connectivity index (χ2v) is 6.45. The van der Waals surface area contributed by atoms with E-state index in [2.05, 4.69) is 19.9 Å². The minimum atomic E-state index is -1.76. The third-order valence-electron chi connectivity index (χ3n) is 2.72. The molecule has 0 heterocycles. The molecule has 1 aromatic carbocycles. The first-order valence-electron chi connectivity index (χ1n) is 6.86. The first-order valence-corrected chi connectivity index (χ1v) is 8.38. The van der Waals surface area contributed by atoms with Gasteiger partial charge in [0.25, 0.3) is 0 Å². The molecular weight excluding hydrogens is 242 g/mol. The summed E-state index contributed by atoms with van der Waals surface area (Å²) in [5.74, 6) is 0. The van der Waals surface area contributed by atoms with E-state index < -0.39 is 9.28 Å². The molecule has 1 aromatic rings. The number of unbranched alkanes of at least 4 members (excludes halogenated alkanes) is 2. The van der Waals surface area contributed by atoms with Crippen molar-refractivity contribution in [3.8, 4) is 0 Å². The van der Waals surface area contributed by atoms with Gasteiger partial charge in [0.2, 0.25) is 0 Å². The smallest absolute Gasteiger partial charge is 0.355 e. The monoisotopic (exact) mass is 267 g/mol. The van der Waals surface area contributed by atoms with Crippen LogP contribution in [0, 0.1) is 0 Å². The molecule has 0 saturated carbocycles. The minimum Gasteiger partial charge on any atom is -0.399 e. The molecule has 0 aliphatic heterocycles. The van der Waals surface area contributed by atoms with Crippen LogP contribution in [0.1, 0.15) is 39.5 Å². The van der Waals surface area contributed by atoms with E-state index in [9.17, 15) is 0 Å². The zero-order chi connectivity index (χ0) is 13.2. The maximum atomic E-state index is 5.93. The zero-order valence-corrected chi connectivity index (χ0v) is 12.7. The fourth-order valence-corrected chi connectivity index (χ4v) is 3.45. The average molecular weight is 267 g/mol. The van der Waals surface area contributed by atoms with Crippen LogP contribution in [0.15, 0.2) is 24.3 Å². The molecule has 0 aromatic heterocycles. The molecule has 0 atom stereocenters. The summed E-state index contributed by atoms with van der Waals surface area (Å²) in [6.45, 7) is 5.90. The molecule has 2 N–H and O–H groups in total. The summed E-state index contributed by atoms with van der Waals surface area (Å²) >= 11 is 0. The maximum Gasteiger partial charge on any atom is 0.355 e. The summed E-state index contributed by atoms with van der Waals surface area (Å²) in [5.41, 5.74) is 6.60. The molecule has 4 heteroatoms. The number of hydrogen-bond acceptors (Lipinski definition) is 3. The third kappa shape index (κ3) is 5.66. The van der Waals surface area contributed by atoms with Crippen LogP contribution >= 0.6 is 0 Å². The Labute approximate surface area is 112 Å². The molecule has 0 aliphatic rings. The Hall–Kier alpha value is -0.843.